The van der Waals surface area contributed by atoms with E-state index >= 15 is 0 Å². The van der Waals surface area contributed by atoms with Gasteiger partial charge in [-0.05, 0) is 45.3 Å². The van der Waals surface area contributed by atoms with Gasteiger partial charge in [0, 0.05) is 6.10 Å². The van der Waals surface area contributed by atoms with E-state index in [4.69, 9.17) is 10.2 Å². The molecule has 1 aliphatic heterocycles. The Bertz CT molecular complexity index is 207. The molecule has 1 heterocycles. The molecule has 1 unspecified atom stereocenters. The summed E-state index contributed by atoms with van der Waals surface area (Å²) in [5.41, 5.74) is 5.52. The molecule has 0 aromatic carbocycles. The second-order valence-corrected chi connectivity index (χ2v) is 21.2. The zero-order valence-electron chi connectivity index (χ0n) is 10.8. The quantitative estimate of drug-likeness (QED) is 0.610. The number of unbranched alkanes of at least 4 members (excludes halogenated alkanes) is 1. The lowest BCUT2D eigenvalue weighted by Crippen LogP contribution is -2.61. The van der Waals surface area contributed by atoms with E-state index in [0.717, 1.165) is 13.0 Å². The molecule has 1 rings (SSSR count). The first-order valence-corrected chi connectivity index (χ1v) is 13.4. The van der Waals surface area contributed by atoms with Crippen molar-refractivity contribution < 1.29 is 4.43 Å². The summed E-state index contributed by atoms with van der Waals surface area (Å²) in [5, 5.41) is 0. The van der Waals surface area contributed by atoms with E-state index < -0.39 is 15.4 Å². The molecule has 90 valence electrons. The second kappa shape index (κ2) is 5.12. The molecule has 4 heteroatoms. The maximum Gasteiger partial charge on any atom is 0.174 e. The summed E-state index contributed by atoms with van der Waals surface area (Å²) in [6, 6.07) is 1.47. The predicted octanol–water partition coefficient (Wildman–Crippen LogP) is 2.90. The SMILES string of the molecule is C[Si]1(C)CCC(CCCCN)O[Si]1(C)C. The van der Waals surface area contributed by atoms with E-state index in [-0.39, 0.29) is 0 Å². The monoisotopic (exact) mass is 245 g/mol. The molecule has 0 aromatic heterocycles. The summed E-state index contributed by atoms with van der Waals surface area (Å²) in [4.78, 5) is 0. The summed E-state index contributed by atoms with van der Waals surface area (Å²) in [5.74, 6) is 0. The van der Waals surface area contributed by atoms with Gasteiger partial charge in [0.25, 0.3) is 0 Å². The van der Waals surface area contributed by atoms with Gasteiger partial charge in [0.05, 0.1) is 7.59 Å². The van der Waals surface area contributed by atoms with Crippen molar-refractivity contribution >= 4 is 15.4 Å². The van der Waals surface area contributed by atoms with Crippen LogP contribution in [-0.4, -0.2) is 28.1 Å². The Kier molecular flexibility index (Phi) is 4.58. The zero-order chi connectivity index (χ0) is 11.5. The molecular weight excluding hydrogens is 218 g/mol. The van der Waals surface area contributed by atoms with Crippen LogP contribution in [0.5, 0.6) is 0 Å². The summed E-state index contributed by atoms with van der Waals surface area (Å²) < 4.78 is 6.40. The van der Waals surface area contributed by atoms with Crippen LogP contribution in [0.1, 0.15) is 25.7 Å². The number of hydrogen-bond acceptors (Lipinski definition) is 2. The summed E-state index contributed by atoms with van der Waals surface area (Å²) in [6.45, 7) is 10.7. The average molecular weight is 246 g/mol. The minimum absolute atomic E-state index is 0.554. The number of hydrogen-bond donors (Lipinski definition) is 1. The van der Waals surface area contributed by atoms with Gasteiger partial charge in [-0.3, -0.25) is 0 Å². The number of nitrogens with two attached hydrogens (primary N) is 1. The molecule has 0 bridgehead atoms. The molecule has 0 aliphatic carbocycles. The van der Waals surface area contributed by atoms with Gasteiger partial charge in [-0.1, -0.05) is 19.1 Å². The Balaban J connectivity index is 2.41. The highest BCUT2D eigenvalue weighted by molar-refractivity contribution is 7.38. The van der Waals surface area contributed by atoms with Crippen LogP contribution in [0.15, 0.2) is 0 Å². The highest BCUT2D eigenvalue weighted by Gasteiger charge is 2.47. The van der Waals surface area contributed by atoms with Crippen LogP contribution in [0.4, 0.5) is 0 Å². The zero-order valence-corrected chi connectivity index (χ0v) is 12.8. The van der Waals surface area contributed by atoms with Crippen molar-refractivity contribution in [1.82, 2.24) is 0 Å². The molecule has 1 fully saturated rings. The molecule has 2 N–H and O–H groups in total. The van der Waals surface area contributed by atoms with E-state index in [1.807, 2.05) is 0 Å². The summed E-state index contributed by atoms with van der Waals surface area (Å²) >= 11 is 0. The van der Waals surface area contributed by atoms with E-state index in [2.05, 4.69) is 26.2 Å². The molecule has 0 saturated carbocycles. The first kappa shape index (κ1) is 13.4. The predicted molar refractivity (Wildman–Crippen MR) is 72.2 cm³/mol. The van der Waals surface area contributed by atoms with Crippen LogP contribution in [0, 0.1) is 0 Å². The third kappa shape index (κ3) is 3.41. The first-order chi connectivity index (χ1) is 6.89. The van der Waals surface area contributed by atoms with E-state index in [1.165, 1.54) is 25.3 Å². The third-order valence-corrected chi connectivity index (χ3v) is 20.8. The molecule has 0 aromatic rings. The standard InChI is InChI=1S/C11H27NOSi2/c1-14(2)10-8-11(7-5-6-9-12)13-15(14,3)4/h11H,5-10,12H2,1-4H3. The lowest BCUT2D eigenvalue weighted by Gasteiger charge is -2.45. The minimum Gasteiger partial charge on any atom is -0.417 e. The Morgan fingerprint density at radius 2 is 1.87 bits per heavy atom. The van der Waals surface area contributed by atoms with Crippen molar-refractivity contribution in [2.24, 2.45) is 5.73 Å². The third-order valence-electron chi connectivity index (χ3n) is 4.16. The molecule has 0 radical (unpaired) electrons. The van der Waals surface area contributed by atoms with E-state index in [0.29, 0.717) is 6.10 Å². The van der Waals surface area contributed by atoms with Crippen molar-refractivity contribution in [3.63, 3.8) is 0 Å². The van der Waals surface area contributed by atoms with Crippen LogP contribution in [0.25, 0.3) is 0 Å². The highest BCUT2D eigenvalue weighted by atomic mass is 29.3. The van der Waals surface area contributed by atoms with Crippen LogP contribution in [0.2, 0.25) is 32.2 Å². The molecular formula is C11H27NOSi2. The van der Waals surface area contributed by atoms with E-state index in [9.17, 15) is 0 Å². The van der Waals surface area contributed by atoms with Gasteiger partial charge in [0.15, 0.2) is 7.83 Å². The Labute approximate surface area is 96.5 Å². The first-order valence-electron chi connectivity index (χ1n) is 6.27. The Morgan fingerprint density at radius 3 is 2.40 bits per heavy atom. The maximum absolute atomic E-state index is 6.40. The smallest absolute Gasteiger partial charge is 0.174 e. The van der Waals surface area contributed by atoms with Crippen LogP contribution in [-0.2, 0) is 4.43 Å². The second-order valence-electron chi connectivity index (χ2n) is 5.96. The van der Waals surface area contributed by atoms with Gasteiger partial charge in [0.2, 0.25) is 0 Å². The van der Waals surface area contributed by atoms with Gasteiger partial charge in [-0.2, -0.15) is 0 Å². The molecule has 15 heavy (non-hydrogen) atoms. The molecule has 1 aliphatic rings. The molecule has 0 amide bonds. The normalized spacial score (nSPS) is 29.0. The molecule has 2 nitrogen and oxygen atoms in total. The van der Waals surface area contributed by atoms with Gasteiger partial charge in [-0.15, -0.1) is 0 Å². The van der Waals surface area contributed by atoms with Gasteiger partial charge in [0.1, 0.15) is 0 Å². The Hall–Kier alpha value is 0.354. The molecule has 0 spiro atoms. The summed E-state index contributed by atoms with van der Waals surface area (Å²) in [6.07, 6.45) is 5.49. The topological polar surface area (TPSA) is 35.2 Å². The lowest BCUT2D eigenvalue weighted by molar-refractivity contribution is 0.172. The van der Waals surface area contributed by atoms with Crippen molar-refractivity contribution in [1.29, 1.82) is 0 Å². The van der Waals surface area contributed by atoms with E-state index in [1.54, 1.807) is 0 Å². The van der Waals surface area contributed by atoms with Crippen LogP contribution < -0.4 is 5.73 Å². The fraction of sp³-hybridized carbons (Fsp3) is 1.00. The fourth-order valence-electron chi connectivity index (χ4n) is 2.18. The largest absolute Gasteiger partial charge is 0.417 e. The average Bonchev–Trinajstić information content (AvgIpc) is 2.12. The number of rotatable bonds is 4. The Morgan fingerprint density at radius 1 is 1.20 bits per heavy atom. The maximum atomic E-state index is 6.40. The highest BCUT2D eigenvalue weighted by Crippen LogP contribution is 2.34. The van der Waals surface area contributed by atoms with Crippen LogP contribution in [0.3, 0.4) is 0 Å². The molecule has 1 atom stereocenters. The minimum atomic E-state index is -1.33. The van der Waals surface area contributed by atoms with Crippen LogP contribution >= 0.6 is 0 Å². The lowest BCUT2D eigenvalue weighted by atomic mass is 10.1. The van der Waals surface area contributed by atoms with Crippen molar-refractivity contribution in [2.45, 2.75) is 64.0 Å². The van der Waals surface area contributed by atoms with Crippen molar-refractivity contribution in [2.75, 3.05) is 6.54 Å². The molecule has 1 saturated heterocycles. The van der Waals surface area contributed by atoms with Gasteiger partial charge >= 0.3 is 0 Å². The van der Waals surface area contributed by atoms with Crippen molar-refractivity contribution in [3.8, 4) is 0 Å². The van der Waals surface area contributed by atoms with Crippen molar-refractivity contribution in [3.05, 3.63) is 0 Å². The summed E-state index contributed by atoms with van der Waals surface area (Å²) in [7, 11) is -2.35. The fourth-order valence-corrected chi connectivity index (χ4v) is 8.91. The van der Waals surface area contributed by atoms with Gasteiger partial charge in [-0.25, -0.2) is 0 Å². The van der Waals surface area contributed by atoms with Gasteiger partial charge < -0.3 is 10.2 Å².